The molecular weight excluding hydrogens is 408 g/mol. The SMILES string of the molecule is COc1cc(-c2nc3ccccc3s2)cc2c1OCCN(C(=O)Cc1ccccc1)C2. The Kier molecular flexibility index (Phi) is 5.30. The first-order chi connectivity index (χ1) is 15.2. The number of ether oxygens (including phenoxy) is 2. The number of thiazole rings is 1. The Bertz CT molecular complexity index is 1200. The second-order valence-electron chi connectivity index (χ2n) is 7.48. The number of amides is 1. The van der Waals surface area contributed by atoms with Crippen LogP contribution >= 0.6 is 11.3 Å². The van der Waals surface area contributed by atoms with Gasteiger partial charge in [-0.3, -0.25) is 4.79 Å². The molecule has 0 radical (unpaired) electrons. The largest absolute Gasteiger partial charge is 0.493 e. The van der Waals surface area contributed by atoms with Gasteiger partial charge in [0.1, 0.15) is 11.6 Å². The van der Waals surface area contributed by atoms with Crippen LogP contribution in [-0.4, -0.2) is 36.1 Å². The maximum atomic E-state index is 13.0. The van der Waals surface area contributed by atoms with Crippen molar-refractivity contribution in [2.45, 2.75) is 13.0 Å². The molecule has 0 N–H and O–H groups in total. The molecular formula is C25H22N2O3S. The minimum Gasteiger partial charge on any atom is -0.493 e. The Morgan fingerprint density at radius 2 is 1.94 bits per heavy atom. The van der Waals surface area contributed by atoms with Crippen LogP contribution in [0.4, 0.5) is 0 Å². The van der Waals surface area contributed by atoms with Crippen molar-refractivity contribution in [2.24, 2.45) is 0 Å². The molecule has 1 aliphatic rings. The number of rotatable bonds is 4. The second kappa shape index (κ2) is 8.40. The molecule has 31 heavy (non-hydrogen) atoms. The maximum Gasteiger partial charge on any atom is 0.227 e. The van der Waals surface area contributed by atoms with E-state index in [0.717, 1.165) is 31.9 Å². The number of hydrogen-bond donors (Lipinski definition) is 0. The summed E-state index contributed by atoms with van der Waals surface area (Å²) in [6, 6.07) is 22.0. The molecule has 5 nitrogen and oxygen atoms in total. The number of para-hydroxylation sites is 1. The predicted octanol–water partition coefficient (Wildman–Crippen LogP) is 4.94. The molecule has 0 unspecified atom stereocenters. The summed E-state index contributed by atoms with van der Waals surface area (Å²) in [5.74, 6) is 1.47. The van der Waals surface area contributed by atoms with E-state index in [1.165, 1.54) is 0 Å². The Labute approximate surface area is 184 Å². The Morgan fingerprint density at radius 1 is 1.13 bits per heavy atom. The van der Waals surface area contributed by atoms with Crippen LogP contribution in [0.25, 0.3) is 20.8 Å². The van der Waals surface area contributed by atoms with Crippen LogP contribution in [0.15, 0.2) is 66.7 Å². The monoisotopic (exact) mass is 430 g/mol. The van der Waals surface area contributed by atoms with Crippen molar-refractivity contribution in [2.75, 3.05) is 20.3 Å². The van der Waals surface area contributed by atoms with Crippen molar-refractivity contribution in [1.29, 1.82) is 0 Å². The molecule has 0 atom stereocenters. The number of nitrogens with zero attached hydrogens (tertiary/aromatic N) is 2. The van der Waals surface area contributed by atoms with Gasteiger partial charge in [-0.15, -0.1) is 11.3 Å². The van der Waals surface area contributed by atoms with E-state index in [1.54, 1.807) is 18.4 Å². The quantitative estimate of drug-likeness (QED) is 0.460. The van der Waals surface area contributed by atoms with Crippen molar-refractivity contribution < 1.29 is 14.3 Å². The zero-order valence-electron chi connectivity index (χ0n) is 17.2. The number of benzene rings is 3. The highest BCUT2D eigenvalue weighted by atomic mass is 32.1. The minimum absolute atomic E-state index is 0.0898. The maximum absolute atomic E-state index is 13.0. The summed E-state index contributed by atoms with van der Waals surface area (Å²) in [6.45, 7) is 1.46. The zero-order valence-corrected chi connectivity index (χ0v) is 18.0. The highest BCUT2D eigenvalue weighted by Gasteiger charge is 2.24. The van der Waals surface area contributed by atoms with Gasteiger partial charge in [0.15, 0.2) is 11.5 Å². The lowest BCUT2D eigenvalue weighted by Crippen LogP contribution is -2.33. The lowest BCUT2D eigenvalue weighted by molar-refractivity contribution is -0.131. The molecule has 156 valence electrons. The molecule has 5 rings (SSSR count). The lowest BCUT2D eigenvalue weighted by atomic mass is 10.1. The molecule has 2 heterocycles. The third kappa shape index (κ3) is 3.99. The van der Waals surface area contributed by atoms with Gasteiger partial charge in [0.2, 0.25) is 5.91 Å². The first kappa shape index (κ1) is 19.6. The molecule has 1 aliphatic heterocycles. The number of aromatic nitrogens is 1. The van der Waals surface area contributed by atoms with Crippen LogP contribution < -0.4 is 9.47 Å². The van der Waals surface area contributed by atoms with Crippen LogP contribution in [-0.2, 0) is 17.8 Å². The molecule has 0 aliphatic carbocycles. The van der Waals surface area contributed by atoms with Crippen LogP contribution in [0.2, 0.25) is 0 Å². The van der Waals surface area contributed by atoms with Gasteiger partial charge in [0.05, 0.1) is 30.3 Å². The molecule has 1 amide bonds. The molecule has 1 aromatic heterocycles. The average Bonchev–Trinajstić information content (AvgIpc) is 3.11. The fourth-order valence-electron chi connectivity index (χ4n) is 3.85. The number of carbonyl (C=O) groups excluding carboxylic acids is 1. The smallest absolute Gasteiger partial charge is 0.227 e. The minimum atomic E-state index is 0.0898. The van der Waals surface area contributed by atoms with E-state index in [1.807, 2.05) is 59.5 Å². The summed E-state index contributed by atoms with van der Waals surface area (Å²) < 4.78 is 12.8. The van der Waals surface area contributed by atoms with Crippen molar-refractivity contribution in [3.05, 3.63) is 77.9 Å². The van der Waals surface area contributed by atoms with E-state index in [9.17, 15) is 4.79 Å². The summed E-state index contributed by atoms with van der Waals surface area (Å²) in [5, 5.41) is 0.925. The van der Waals surface area contributed by atoms with Gasteiger partial charge in [0, 0.05) is 17.7 Å². The summed E-state index contributed by atoms with van der Waals surface area (Å²) >= 11 is 1.65. The van der Waals surface area contributed by atoms with Crippen molar-refractivity contribution >= 4 is 27.5 Å². The average molecular weight is 431 g/mol. The third-order valence-corrected chi connectivity index (χ3v) is 6.50. The normalized spacial score (nSPS) is 13.4. The molecule has 0 spiro atoms. The standard InChI is InChI=1S/C25H22N2O3S/c1-29-21-15-18(25-26-20-9-5-6-10-22(20)31-25)14-19-16-27(11-12-30-24(19)21)23(28)13-17-7-3-2-4-8-17/h2-10,14-15H,11-13,16H2,1H3. The summed E-state index contributed by atoms with van der Waals surface area (Å²) in [5.41, 5.74) is 3.90. The lowest BCUT2D eigenvalue weighted by Gasteiger charge is -2.20. The molecule has 0 bridgehead atoms. The van der Waals surface area contributed by atoms with E-state index in [4.69, 9.17) is 14.5 Å². The van der Waals surface area contributed by atoms with Gasteiger partial charge in [-0.1, -0.05) is 42.5 Å². The first-order valence-corrected chi connectivity index (χ1v) is 11.0. The van der Waals surface area contributed by atoms with E-state index >= 15 is 0 Å². The molecule has 0 fully saturated rings. The second-order valence-corrected chi connectivity index (χ2v) is 8.51. The Hall–Kier alpha value is -3.38. The van der Waals surface area contributed by atoms with Crippen LogP contribution in [0.3, 0.4) is 0 Å². The Balaban J connectivity index is 1.48. The van der Waals surface area contributed by atoms with E-state index < -0.39 is 0 Å². The first-order valence-electron chi connectivity index (χ1n) is 10.2. The fraction of sp³-hybridized carbons (Fsp3) is 0.200. The highest BCUT2D eigenvalue weighted by Crippen LogP contribution is 2.40. The van der Waals surface area contributed by atoms with E-state index in [-0.39, 0.29) is 5.91 Å². The highest BCUT2D eigenvalue weighted by molar-refractivity contribution is 7.21. The number of fused-ring (bicyclic) bond motifs is 2. The van der Waals surface area contributed by atoms with Crippen LogP contribution in [0.5, 0.6) is 11.5 Å². The van der Waals surface area contributed by atoms with Crippen molar-refractivity contribution in [3.63, 3.8) is 0 Å². The fourth-order valence-corrected chi connectivity index (χ4v) is 4.80. The molecule has 0 saturated carbocycles. The van der Waals surface area contributed by atoms with Gasteiger partial charge in [0.25, 0.3) is 0 Å². The van der Waals surface area contributed by atoms with E-state index in [0.29, 0.717) is 37.6 Å². The van der Waals surface area contributed by atoms with Crippen molar-refractivity contribution in [3.8, 4) is 22.1 Å². The molecule has 6 heteroatoms. The van der Waals surface area contributed by atoms with Crippen molar-refractivity contribution in [1.82, 2.24) is 9.88 Å². The van der Waals surface area contributed by atoms with Gasteiger partial charge in [-0.05, 0) is 29.8 Å². The molecule has 4 aromatic rings. The van der Waals surface area contributed by atoms with E-state index in [2.05, 4.69) is 12.1 Å². The molecule has 0 saturated heterocycles. The third-order valence-electron chi connectivity index (χ3n) is 5.41. The van der Waals surface area contributed by atoms with Gasteiger partial charge in [-0.25, -0.2) is 4.98 Å². The topological polar surface area (TPSA) is 51.7 Å². The van der Waals surface area contributed by atoms with Gasteiger partial charge in [-0.2, -0.15) is 0 Å². The van der Waals surface area contributed by atoms with Crippen LogP contribution in [0.1, 0.15) is 11.1 Å². The predicted molar refractivity (Wildman–Crippen MR) is 123 cm³/mol. The van der Waals surface area contributed by atoms with Crippen LogP contribution in [0, 0.1) is 0 Å². The number of hydrogen-bond acceptors (Lipinski definition) is 5. The Morgan fingerprint density at radius 3 is 2.74 bits per heavy atom. The molecule has 3 aromatic carbocycles. The number of methoxy groups -OCH3 is 1. The van der Waals surface area contributed by atoms with Gasteiger partial charge >= 0.3 is 0 Å². The summed E-state index contributed by atoms with van der Waals surface area (Å²) in [4.78, 5) is 19.6. The zero-order chi connectivity index (χ0) is 21.2. The summed E-state index contributed by atoms with van der Waals surface area (Å²) in [7, 11) is 1.64. The summed E-state index contributed by atoms with van der Waals surface area (Å²) in [6.07, 6.45) is 0.380. The number of carbonyl (C=O) groups is 1. The van der Waals surface area contributed by atoms with Gasteiger partial charge < -0.3 is 14.4 Å².